The van der Waals surface area contributed by atoms with Crippen LogP contribution >= 0.6 is 11.3 Å². The third-order valence-electron chi connectivity index (χ3n) is 9.36. The molecule has 0 amide bonds. The fraction of sp³-hybridized carbons (Fsp3) is 0. The average Bonchev–Trinajstić information content (AvgIpc) is 3.75. The van der Waals surface area contributed by atoms with Gasteiger partial charge in [-0.15, -0.1) is 11.3 Å². The molecule has 0 aliphatic rings. The summed E-state index contributed by atoms with van der Waals surface area (Å²) in [7, 11) is 0. The average molecular weight is 658 g/mol. The van der Waals surface area contributed by atoms with Gasteiger partial charge in [-0.25, -0.2) is 15.0 Å². The largest absolute Gasteiger partial charge is 0.456 e. The van der Waals surface area contributed by atoms with E-state index in [1.165, 1.54) is 31.3 Å². The van der Waals surface area contributed by atoms with Gasteiger partial charge in [0.05, 0.1) is 0 Å². The Morgan fingerprint density at radius 3 is 1.46 bits per heavy atom. The van der Waals surface area contributed by atoms with Crippen LogP contribution in [0.3, 0.4) is 0 Å². The SMILES string of the molecule is c1ccc(-c2ccc(-c3nc(-c4ccccc4)nc(-c4ccc5c(c4)oc4cc(-c6ccc7c(c6)sc6ccccc67)ccc45)n3)cc2)cc1. The van der Waals surface area contributed by atoms with E-state index in [0.29, 0.717) is 17.5 Å². The molecule has 0 unspecified atom stereocenters. The summed E-state index contributed by atoms with van der Waals surface area (Å²) >= 11 is 1.84. The van der Waals surface area contributed by atoms with E-state index >= 15 is 0 Å². The highest BCUT2D eigenvalue weighted by molar-refractivity contribution is 7.25. The maximum atomic E-state index is 6.53. The molecule has 50 heavy (non-hydrogen) atoms. The Morgan fingerprint density at radius 1 is 0.320 bits per heavy atom. The van der Waals surface area contributed by atoms with Crippen LogP contribution in [0.2, 0.25) is 0 Å². The minimum atomic E-state index is 0.598. The molecule has 0 spiro atoms. The quantitative estimate of drug-likeness (QED) is 0.185. The molecule has 10 aromatic rings. The van der Waals surface area contributed by atoms with E-state index in [-0.39, 0.29) is 0 Å². The lowest BCUT2D eigenvalue weighted by Crippen LogP contribution is -2.00. The molecule has 0 saturated heterocycles. The fourth-order valence-electron chi connectivity index (χ4n) is 6.79. The zero-order chi connectivity index (χ0) is 33.0. The molecule has 0 bridgehead atoms. The second-order valence-electron chi connectivity index (χ2n) is 12.4. The number of aromatic nitrogens is 3. The molecule has 5 heteroatoms. The van der Waals surface area contributed by atoms with Crippen LogP contribution in [0.5, 0.6) is 0 Å². The minimum absolute atomic E-state index is 0.598. The van der Waals surface area contributed by atoms with E-state index < -0.39 is 0 Å². The molecular weight excluding hydrogens is 631 g/mol. The first-order chi connectivity index (χ1) is 24.7. The van der Waals surface area contributed by atoms with Crippen molar-refractivity contribution in [3.05, 3.63) is 164 Å². The van der Waals surface area contributed by atoms with Crippen molar-refractivity contribution in [3.63, 3.8) is 0 Å². The zero-order valence-electron chi connectivity index (χ0n) is 26.7. The van der Waals surface area contributed by atoms with Crippen molar-refractivity contribution in [3.8, 4) is 56.4 Å². The molecule has 0 radical (unpaired) electrons. The predicted molar refractivity (Wildman–Crippen MR) is 207 cm³/mol. The Balaban J connectivity index is 1.04. The molecule has 7 aromatic carbocycles. The lowest BCUT2D eigenvalue weighted by Gasteiger charge is -2.09. The summed E-state index contributed by atoms with van der Waals surface area (Å²) in [6, 6.07) is 56.9. The maximum absolute atomic E-state index is 6.53. The van der Waals surface area contributed by atoms with E-state index in [9.17, 15) is 0 Å². The number of thiophene rings is 1. The molecule has 3 heterocycles. The number of hydrogen-bond donors (Lipinski definition) is 0. The maximum Gasteiger partial charge on any atom is 0.164 e. The standard InChI is InChI=1S/C45H27N3OS/c1-3-9-28(10-4-1)29-15-17-31(18-16-29)44-46-43(30-11-5-2-6-12-30)47-45(48-44)34-21-23-36-35-22-19-32(25-39(35)49-40(36)26-34)33-20-24-38-37-13-7-8-14-41(37)50-42(38)27-33/h1-27H. The highest BCUT2D eigenvalue weighted by Gasteiger charge is 2.16. The van der Waals surface area contributed by atoms with Crippen LogP contribution in [-0.4, -0.2) is 15.0 Å². The van der Waals surface area contributed by atoms with Gasteiger partial charge in [0.2, 0.25) is 0 Å². The number of hydrogen-bond acceptors (Lipinski definition) is 5. The molecule has 3 aromatic heterocycles. The monoisotopic (exact) mass is 657 g/mol. The molecule has 0 fully saturated rings. The van der Waals surface area contributed by atoms with Gasteiger partial charge in [-0.05, 0) is 58.7 Å². The normalized spacial score (nSPS) is 11.6. The van der Waals surface area contributed by atoms with Crippen molar-refractivity contribution in [2.45, 2.75) is 0 Å². The summed E-state index contributed by atoms with van der Waals surface area (Å²) in [5, 5.41) is 4.75. The molecule has 0 atom stereocenters. The van der Waals surface area contributed by atoms with Crippen LogP contribution in [-0.2, 0) is 0 Å². The van der Waals surface area contributed by atoms with Gasteiger partial charge >= 0.3 is 0 Å². The highest BCUT2D eigenvalue weighted by Crippen LogP contribution is 2.38. The number of furan rings is 1. The Kier molecular flexibility index (Phi) is 6.64. The molecule has 4 nitrogen and oxygen atoms in total. The molecule has 0 N–H and O–H groups in total. The molecule has 234 valence electrons. The Bertz CT molecular complexity index is 2860. The van der Waals surface area contributed by atoms with Crippen LogP contribution in [0.25, 0.3) is 98.5 Å². The van der Waals surface area contributed by atoms with Crippen molar-refractivity contribution in [2.75, 3.05) is 0 Å². The van der Waals surface area contributed by atoms with E-state index in [2.05, 4.69) is 121 Å². The Labute approximate surface area is 292 Å². The summed E-state index contributed by atoms with van der Waals surface area (Å²) in [5.41, 5.74) is 9.00. The molecule has 0 aliphatic carbocycles. The van der Waals surface area contributed by atoms with Crippen LogP contribution in [0, 0.1) is 0 Å². The summed E-state index contributed by atoms with van der Waals surface area (Å²) in [5.74, 6) is 1.85. The Morgan fingerprint density at radius 2 is 0.760 bits per heavy atom. The summed E-state index contributed by atoms with van der Waals surface area (Å²) < 4.78 is 9.13. The van der Waals surface area contributed by atoms with Crippen LogP contribution < -0.4 is 0 Å². The van der Waals surface area contributed by atoms with Gasteiger partial charge in [-0.2, -0.15) is 0 Å². The van der Waals surface area contributed by atoms with Crippen molar-refractivity contribution < 1.29 is 4.42 Å². The van der Waals surface area contributed by atoms with Gasteiger partial charge in [0.25, 0.3) is 0 Å². The third-order valence-corrected chi connectivity index (χ3v) is 10.5. The van der Waals surface area contributed by atoms with Crippen molar-refractivity contribution in [1.82, 2.24) is 15.0 Å². The number of fused-ring (bicyclic) bond motifs is 6. The molecule has 10 rings (SSSR count). The van der Waals surface area contributed by atoms with Gasteiger partial charge < -0.3 is 4.42 Å². The number of benzene rings is 7. The van der Waals surface area contributed by atoms with Crippen molar-refractivity contribution in [2.24, 2.45) is 0 Å². The first kappa shape index (κ1) is 28.6. The molecule has 0 aliphatic heterocycles. The van der Waals surface area contributed by atoms with Crippen LogP contribution in [0.1, 0.15) is 0 Å². The minimum Gasteiger partial charge on any atom is -0.456 e. The number of nitrogens with zero attached hydrogens (tertiary/aromatic N) is 3. The first-order valence-electron chi connectivity index (χ1n) is 16.6. The zero-order valence-corrected chi connectivity index (χ0v) is 27.6. The van der Waals surface area contributed by atoms with Gasteiger partial charge in [0.15, 0.2) is 17.5 Å². The topological polar surface area (TPSA) is 51.8 Å². The molecule has 0 saturated carbocycles. The van der Waals surface area contributed by atoms with E-state index in [0.717, 1.165) is 49.8 Å². The first-order valence-corrected chi connectivity index (χ1v) is 17.4. The van der Waals surface area contributed by atoms with Gasteiger partial charge in [-0.3, -0.25) is 0 Å². The lowest BCUT2D eigenvalue weighted by molar-refractivity contribution is 0.669. The van der Waals surface area contributed by atoms with Crippen LogP contribution in [0.15, 0.2) is 168 Å². The van der Waals surface area contributed by atoms with E-state index in [1.807, 2.05) is 53.8 Å². The second kappa shape index (κ2) is 11.6. The van der Waals surface area contributed by atoms with Gasteiger partial charge in [-0.1, -0.05) is 127 Å². The number of rotatable bonds is 5. The smallest absolute Gasteiger partial charge is 0.164 e. The highest BCUT2D eigenvalue weighted by atomic mass is 32.1. The summed E-state index contributed by atoms with van der Waals surface area (Å²) in [6.45, 7) is 0. The predicted octanol–water partition coefficient (Wildman–Crippen LogP) is 12.5. The van der Waals surface area contributed by atoms with Crippen molar-refractivity contribution >= 4 is 53.4 Å². The third kappa shape index (κ3) is 4.95. The van der Waals surface area contributed by atoms with Crippen LogP contribution in [0.4, 0.5) is 0 Å². The van der Waals surface area contributed by atoms with E-state index in [1.54, 1.807) is 0 Å². The van der Waals surface area contributed by atoms with Gasteiger partial charge in [0.1, 0.15) is 11.2 Å². The second-order valence-corrected chi connectivity index (χ2v) is 13.5. The summed E-state index contributed by atoms with van der Waals surface area (Å²) in [4.78, 5) is 14.9. The van der Waals surface area contributed by atoms with Gasteiger partial charge in [0, 0.05) is 47.6 Å². The fourth-order valence-corrected chi connectivity index (χ4v) is 7.94. The lowest BCUT2D eigenvalue weighted by atomic mass is 10.0. The van der Waals surface area contributed by atoms with E-state index in [4.69, 9.17) is 19.4 Å². The Hall–Kier alpha value is -6.43. The molecular formula is C45H27N3OS. The summed E-state index contributed by atoms with van der Waals surface area (Å²) in [6.07, 6.45) is 0. The van der Waals surface area contributed by atoms with Crippen molar-refractivity contribution in [1.29, 1.82) is 0 Å².